The molecule has 0 saturated carbocycles. The van der Waals surface area contributed by atoms with Gasteiger partial charge in [-0.1, -0.05) is 0 Å². The van der Waals surface area contributed by atoms with Crippen molar-refractivity contribution in [1.29, 1.82) is 0 Å². The van der Waals surface area contributed by atoms with Gasteiger partial charge in [-0.3, -0.25) is 0 Å². The fraction of sp³-hybridized carbons (Fsp3) is 0.875. The van der Waals surface area contributed by atoms with Crippen LogP contribution in [0.1, 0.15) is 6.42 Å². The molecule has 1 aliphatic rings. The Kier molecular flexibility index (Phi) is 4.00. The molecule has 88 valence electrons. The van der Waals surface area contributed by atoms with Crippen LogP contribution in [0.25, 0.3) is 0 Å². The summed E-state index contributed by atoms with van der Waals surface area (Å²) in [7, 11) is 1.42. The molecule has 1 fully saturated rings. The van der Waals surface area contributed by atoms with Crippen LogP contribution in [0.3, 0.4) is 0 Å². The maximum absolute atomic E-state index is 10.6. The zero-order valence-electron chi connectivity index (χ0n) is 8.25. The first kappa shape index (κ1) is 12.3. The fourth-order valence-corrected chi connectivity index (χ4v) is 1.27. The van der Waals surface area contributed by atoms with Crippen molar-refractivity contribution in [2.24, 2.45) is 0 Å². The Bertz CT molecular complexity index is 231. The summed E-state index contributed by atoms with van der Waals surface area (Å²) in [5.74, 6) is -3.85. The molecule has 0 aromatic heterocycles. The van der Waals surface area contributed by atoms with Gasteiger partial charge in [0, 0.05) is 13.5 Å². The number of carboxylic acid groups (broad SMARTS) is 1. The van der Waals surface area contributed by atoms with Crippen molar-refractivity contribution < 1.29 is 34.3 Å². The van der Waals surface area contributed by atoms with Crippen molar-refractivity contribution in [3.63, 3.8) is 0 Å². The molecular weight excluding hydrogens is 208 g/mol. The average molecular weight is 222 g/mol. The van der Waals surface area contributed by atoms with Crippen LogP contribution in [-0.2, 0) is 19.0 Å². The number of aliphatic hydroxyl groups is 2. The highest BCUT2D eigenvalue weighted by atomic mass is 16.7. The molecule has 0 radical (unpaired) electrons. The number of aliphatic hydroxyl groups excluding tert-OH is 1. The third-order valence-corrected chi connectivity index (χ3v) is 2.14. The second-order valence-corrected chi connectivity index (χ2v) is 3.28. The highest BCUT2D eigenvalue weighted by Crippen LogP contribution is 2.24. The van der Waals surface area contributed by atoms with Gasteiger partial charge in [-0.15, -0.1) is 0 Å². The van der Waals surface area contributed by atoms with E-state index in [9.17, 15) is 15.0 Å². The highest BCUT2D eigenvalue weighted by Gasteiger charge is 2.46. The van der Waals surface area contributed by atoms with Crippen LogP contribution in [0.15, 0.2) is 0 Å². The molecule has 0 bridgehead atoms. The lowest BCUT2D eigenvalue weighted by Crippen LogP contribution is -2.54. The molecule has 3 atom stereocenters. The summed E-state index contributed by atoms with van der Waals surface area (Å²) in [5.41, 5.74) is 0. The summed E-state index contributed by atoms with van der Waals surface area (Å²) in [6.07, 6.45) is -2.23. The Balaban J connectivity index is 2.51. The summed E-state index contributed by atoms with van der Waals surface area (Å²) in [6, 6.07) is 0. The molecule has 7 nitrogen and oxygen atoms in total. The molecule has 7 heteroatoms. The van der Waals surface area contributed by atoms with Crippen LogP contribution in [-0.4, -0.2) is 59.8 Å². The smallest absolute Gasteiger partial charge is 0.364 e. The van der Waals surface area contributed by atoms with Gasteiger partial charge < -0.3 is 29.5 Å². The van der Waals surface area contributed by atoms with E-state index >= 15 is 0 Å². The molecule has 1 rings (SSSR count). The van der Waals surface area contributed by atoms with E-state index in [4.69, 9.17) is 14.6 Å². The van der Waals surface area contributed by atoms with E-state index in [1.54, 1.807) is 0 Å². The summed E-state index contributed by atoms with van der Waals surface area (Å²) in [5, 5.41) is 27.5. The number of aliphatic carboxylic acids is 1. The van der Waals surface area contributed by atoms with Crippen LogP contribution in [0.2, 0.25) is 0 Å². The standard InChI is InChI=1S/C8H14O7/c1-13-4-14-6-3-15-8(12,7(10)11)2-5(6)9/h5-6,9,12H,2-4H2,1H3,(H,10,11)/t5-,6?,8?/m0/s1. The van der Waals surface area contributed by atoms with Crippen molar-refractivity contribution in [2.75, 3.05) is 20.5 Å². The van der Waals surface area contributed by atoms with E-state index in [0.717, 1.165) is 0 Å². The van der Waals surface area contributed by atoms with Crippen LogP contribution in [0.5, 0.6) is 0 Å². The van der Waals surface area contributed by atoms with Gasteiger partial charge in [0.15, 0.2) is 0 Å². The first-order valence-electron chi connectivity index (χ1n) is 4.38. The lowest BCUT2D eigenvalue weighted by Gasteiger charge is -2.35. The monoisotopic (exact) mass is 222 g/mol. The number of carboxylic acids is 1. The first-order chi connectivity index (χ1) is 6.99. The number of carbonyl (C=O) groups is 1. The summed E-state index contributed by atoms with van der Waals surface area (Å²) < 4.78 is 14.4. The Hall–Kier alpha value is -0.730. The molecule has 1 saturated heterocycles. The number of methoxy groups -OCH3 is 1. The predicted molar refractivity (Wildman–Crippen MR) is 45.9 cm³/mol. The third kappa shape index (κ3) is 2.86. The maximum atomic E-state index is 10.6. The molecule has 0 amide bonds. The molecule has 15 heavy (non-hydrogen) atoms. The predicted octanol–water partition coefficient (Wildman–Crippen LogP) is -1.47. The average Bonchev–Trinajstić information content (AvgIpc) is 2.16. The molecule has 3 N–H and O–H groups in total. The minimum absolute atomic E-state index is 0.0312. The van der Waals surface area contributed by atoms with E-state index in [1.807, 2.05) is 0 Å². The fourth-order valence-electron chi connectivity index (χ4n) is 1.27. The van der Waals surface area contributed by atoms with Gasteiger partial charge in [0.2, 0.25) is 0 Å². The zero-order chi connectivity index (χ0) is 11.5. The molecule has 0 aromatic rings. The summed E-state index contributed by atoms with van der Waals surface area (Å²) in [4.78, 5) is 10.6. The number of hydrogen-bond acceptors (Lipinski definition) is 6. The maximum Gasteiger partial charge on any atom is 0.364 e. The van der Waals surface area contributed by atoms with Crippen LogP contribution >= 0.6 is 0 Å². The molecule has 1 aliphatic heterocycles. The normalized spacial score (nSPS) is 36.5. The largest absolute Gasteiger partial charge is 0.477 e. The van der Waals surface area contributed by atoms with E-state index in [2.05, 4.69) is 4.74 Å². The molecular formula is C8H14O7. The highest BCUT2D eigenvalue weighted by molar-refractivity contribution is 5.75. The van der Waals surface area contributed by atoms with E-state index in [0.29, 0.717) is 0 Å². The Morgan fingerprint density at radius 1 is 1.67 bits per heavy atom. The quantitative estimate of drug-likeness (QED) is 0.498. The molecule has 2 unspecified atom stereocenters. The second kappa shape index (κ2) is 4.86. The molecule has 0 aromatic carbocycles. The lowest BCUT2D eigenvalue weighted by atomic mass is 10.0. The number of hydrogen-bond donors (Lipinski definition) is 3. The van der Waals surface area contributed by atoms with Crippen molar-refractivity contribution in [1.82, 2.24) is 0 Å². The van der Waals surface area contributed by atoms with Crippen LogP contribution in [0, 0.1) is 0 Å². The van der Waals surface area contributed by atoms with Crippen molar-refractivity contribution in [3.05, 3.63) is 0 Å². The van der Waals surface area contributed by atoms with Crippen LogP contribution < -0.4 is 0 Å². The van der Waals surface area contributed by atoms with E-state index in [-0.39, 0.29) is 13.4 Å². The third-order valence-electron chi connectivity index (χ3n) is 2.14. The Morgan fingerprint density at radius 2 is 2.33 bits per heavy atom. The summed E-state index contributed by atoms with van der Waals surface area (Å²) in [6.45, 7) is -0.232. The SMILES string of the molecule is COCOC1COC(O)(C(=O)O)C[C@@H]1O. The van der Waals surface area contributed by atoms with Gasteiger partial charge in [-0.2, -0.15) is 0 Å². The zero-order valence-corrected chi connectivity index (χ0v) is 8.25. The van der Waals surface area contributed by atoms with Gasteiger partial charge in [-0.05, 0) is 0 Å². The van der Waals surface area contributed by atoms with Gasteiger partial charge in [0.05, 0.1) is 12.7 Å². The first-order valence-corrected chi connectivity index (χ1v) is 4.38. The topological polar surface area (TPSA) is 105 Å². The van der Waals surface area contributed by atoms with E-state index in [1.165, 1.54) is 7.11 Å². The van der Waals surface area contributed by atoms with Crippen molar-refractivity contribution >= 4 is 5.97 Å². The minimum atomic E-state index is -2.33. The second-order valence-electron chi connectivity index (χ2n) is 3.28. The van der Waals surface area contributed by atoms with Gasteiger partial charge in [-0.25, -0.2) is 4.79 Å². The Labute approximate surface area is 86.2 Å². The Morgan fingerprint density at radius 3 is 2.80 bits per heavy atom. The van der Waals surface area contributed by atoms with Crippen molar-refractivity contribution in [2.45, 2.75) is 24.4 Å². The molecule has 0 aliphatic carbocycles. The molecule has 0 spiro atoms. The van der Waals surface area contributed by atoms with Gasteiger partial charge in [0.25, 0.3) is 5.79 Å². The van der Waals surface area contributed by atoms with Gasteiger partial charge in [0.1, 0.15) is 12.9 Å². The van der Waals surface area contributed by atoms with Gasteiger partial charge >= 0.3 is 5.97 Å². The molecule has 1 heterocycles. The summed E-state index contributed by atoms with van der Waals surface area (Å²) >= 11 is 0. The van der Waals surface area contributed by atoms with Crippen molar-refractivity contribution in [3.8, 4) is 0 Å². The van der Waals surface area contributed by atoms with E-state index < -0.39 is 30.4 Å². The van der Waals surface area contributed by atoms with Crippen LogP contribution in [0.4, 0.5) is 0 Å². The number of rotatable bonds is 4. The minimum Gasteiger partial charge on any atom is -0.477 e. The number of ether oxygens (including phenoxy) is 3. The lowest BCUT2D eigenvalue weighted by molar-refractivity contribution is -0.279.